The topological polar surface area (TPSA) is 152 Å². The van der Waals surface area contributed by atoms with Gasteiger partial charge in [-0.1, -0.05) is 32.4 Å². The molecule has 0 saturated heterocycles. The molecule has 0 radical (unpaired) electrons. The second kappa shape index (κ2) is 8.32. The Hall–Kier alpha value is -1.87. The third-order valence-corrected chi connectivity index (χ3v) is 11.4. The average Bonchev–Trinajstić information content (AvgIpc) is 2.97. The summed E-state index contributed by atoms with van der Waals surface area (Å²) in [4.78, 5) is 40.3. The van der Waals surface area contributed by atoms with Gasteiger partial charge in [0.05, 0.1) is 23.2 Å². The Morgan fingerprint density at radius 3 is 2.21 bits per heavy atom. The molecule has 5 N–H and O–H groups in total. The highest BCUT2D eigenvalue weighted by Gasteiger charge is 2.74. The Morgan fingerprint density at radius 2 is 1.66 bits per heavy atom. The van der Waals surface area contributed by atoms with Gasteiger partial charge in [0.2, 0.25) is 5.78 Å². The minimum Gasteiger partial charge on any atom is -0.505 e. The largest absolute Gasteiger partial charge is 0.505 e. The minimum absolute atomic E-state index is 0.00244. The summed E-state index contributed by atoms with van der Waals surface area (Å²) in [5, 5.41) is 54.1. The van der Waals surface area contributed by atoms with Crippen LogP contribution in [0, 0.1) is 39.4 Å². The van der Waals surface area contributed by atoms with Crippen LogP contribution in [0.4, 0.5) is 0 Å². The summed E-state index contributed by atoms with van der Waals surface area (Å²) in [6.07, 6.45) is 1.27. The van der Waals surface area contributed by atoms with E-state index >= 15 is 0 Å². The maximum absolute atomic E-state index is 14.2. The van der Waals surface area contributed by atoms with Gasteiger partial charge in [-0.05, 0) is 70.3 Å². The van der Waals surface area contributed by atoms with Gasteiger partial charge in [0.25, 0.3) is 0 Å². The summed E-state index contributed by atoms with van der Waals surface area (Å²) in [7, 11) is 0. The lowest BCUT2D eigenvalue weighted by Crippen LogP contribution is -2.64. The molecule has 212 valence electrons. The number of hydrogen-bond donors (Lipinski definition) is 5. The fourth-order valence-corrected chi connectivity index (χ4v) is 8.78. The van der Waals surface area contributed by atoms with Gasteiger partial charge >= 0.3 is 0 Å². The first-order chi connectivity index (χ1) is 17.1. The minimum atomic E-state index is -2.06. The number of aliphatic hydroxyl groups excluding tert-OH is 3. The molecule has 3 unspecified atom stereocenters. The zero-order valence-electron chi connectivity index (χ0n) is 23.8. The van der Waals surface area contributed by atoms with E-state index in [-0.39, 0.29) is 36.1 Å². The van der Waals surface area contributed by atoms with Gasteiger partial charge in [-0.3, -0.25) is 14.4 Å². The van der Waals surface area contributed by atoms with Crippen LogP contribution in [-0.4, -0.2) is 66.3 Å². The molecule has 0 aliphatic heterocycles. The second-order valence-corrected chi connectivity index (χ2v) is 14.3. The first-order valence-electron chi connectivity index (χ1n) is 13.6. The van der Waals surface area contributed by atoms with E-state index in [9.17, 15) is 39.9 Å². The highest BCUT2D eigenvalue weighted by atomic mass is 16.3. The monoisotopic (exact) mass is 532 g/mol. The Morgan fingerprint density at radius 1 is 1.08 bits per heavy atom. The molecule has 4 aliphatic carbocycles. The summed E-state index contributed by atoms with van der Waals surface area (Å²) in [6, 6.07) is 0. The Balaban J connectivity index is 1.79. The van der Waals surface area contributed by atoms with Crippen LogP contribution in [0.2, 0.25) is 0 Å². The highest BCUT2D eigenvalue weighted by Crippen LogP contribution is 2.73. The van der Waals surface area contributed by atoms with E-state index in [0.717, 1.165) is 5.57 Å². The van der Waals surface area contributed by atoms with Crippen molar-refractivity contribution in [2.24, 2.45) is 39.4 Å². The molecule has 38 heavy (non-hydrogen) atoms. The number of aliphatic hydroxyl groups is 5. The summed E-state index contributed by atoms with van der Waals surface area (Å²) in [6.45, 7) is 13.4. The fraction of sp³-hybridized carbons (Fsp3) is 0.767. The maximum Gasteiger partial charge on any atom is 0.206 e. The molecule has 0 spiro atoms. The zero-order valence-corrected chi connectivity index (χ0v) is 23.8. The molecule has 8 heteroatoms. The van der Waals surface area contributed by atoms with Crippen molar-refractivity contribution >= 4 is 17.3 Å². The van der Waals surface area contributed by atoms with E-state index in [1.807, 2.05) is 26.8 Å². The van der Waals surface area contributed by atoms with Crippen LogP contribution in [0.3, 0.4) is 0 Å². The zero-order chi connectivity index (χ0) is 29.0. The van der Waals surface area contributed by atoms with Crippen molar-refractivity contribution in [1.29, 1.82) is 0 Å². The number of fused-ring (bicyclic) bond motifs is 5. The third kappa shape index (κ3) is 3.59. The lowest BCUT2D eigenvalue weighted by Gasteiger charge is -2.63. The third-order valence-electron chi connectivity index (χ3n) is 11.4. The van der Waals surface area contributed by atoms with Crippen LogP contribution in [-0.2, 0) is 14.4 Å². The highest BCUT2D eigenvalue weighted by molar-refractivity contribution is 6.02. The van der Waals surface area contributed by atoms with Crippen molar-refractivity contribution in [3.05, 3.63) is 23.5 Å². The lowest BCUT2D eigenvalue weighted by molar-refractivity contribution is -0.182. The van der Waals surface area contributed by atoms with E-state index in [0.29, 0.717) is 6.42 Å². The normalized spacial score (nSPS) is 42.7. The van der Waals surface area contributed by atoms with Crippen LogP contribution in [0.5, 0.6) is 0 Å². The van der Waals surface area contributed by atoms with E-state index < -0.39 is 69.1 Å². The Kier molecular flexibility index (Phi) is 6.38. The molecule has 2 fully saturated rings. The van der Waals surface area contributed by atoms with Gasteiger partial charge in [0.15, 0.2) is 11.5 Å². The molecule has 2 saturated carbocycles. The van der Waals surface area contributed by atoms with Gasteiger partial charge < -0.3 is 25.5 Å². The summed E-state index contributed by atoms with van der Waals surface area (Å²) in [5.41, 5.74) is -6.32. The van der Waals surface area contributed by atoms with Gasteiger partial charge in [0.1, 0.15) is 11.4 Å². The van der Waals surface area contributed by atoms with Crippen molar-refractivity contribution in [2.45, 2.75) is 104 Å². The lowest BCUT2D eigenvalue weighted by atomic mass is 9.39. The fourth-order valence-electron chi connectivity index (χ4n) is 8.78. The van der Waals surface area contributed by atoms with Crippen LogP contribution < -0.4 is 0 Å². The molecular weight excluding hydrogens is 488 g/mol. The summed E-state index contributed by atoms with van der Waals surface area (Å²) >= 11 is 0. The number of Topliss-reactive ketones (excluding diaryl/α,β-unsaturated/α-hetero) is 3. The standard InChI is InChI=1S/C30H44O8/c1-25(2)15-9-10-19-27(5)13-18(32)23(30(8,38)21(34)12-20(33)26(3,4)37)28(27,6)14-22(35)29(19,7)16(15)11-17(31)24(25)36/h9,11,16,18-20,23,31-33,37-38H,10,12-14H2,1-8H3/t16-,18?,19-,20?,23-,27-,28+,29?,30-/m0/s1. The molecule has 4 aliphatic rings. The van der Waals surface area contributed by atoms with Gasteiger partial charge in [-0.2, -0.15) is 0 Å². The number of carbonyl (C=O) groups excluding carboxylic acids is 3. The van der Waals surface area contributed by atoms with Crippen LogP contribution in [0.25, 0.3) is 0 Å². The molecule has 0 aromatic rings. The number of hydrogen-bond acceptors (Lipinski definition) is 8. The molecular formula is C30H44O8. The molecule has 0 bridgehead atoms. The quantitative estimate of drug-likeness (QED) is 0.339. The Labute approximate surface area is 224 Å². The Bertz CT molecular complexity index is 1140. The molecule has 0 amide bonds. The summed E-state index contributed by atoms with van der Waals surface area (Å²) in [5.74, 6) is -3.25. The molecule has 0 aromatic heterocycles. The number of allylic oxidation sites excluding steroid dienone is 4. The summed E-state index contributed by atoms with van der Waals surface area (Å²) < 4.78 is 0. The maximum atomic E-state index is 14.2. The van der Waals surface area contributed by atoms with E-state index in [1.54, 1.807) is 13.8 Å². The number of rotatable bonds is 5. The molecule has 0 heterocycles. The average molecular weight is 533 g/mol. The molecule has 4 rings (SSSR count). The van der Waals surface area contributed by atoms with Crippen LogP contribution >= 0.6 is 0 Å². The van der Waals surface area contributed by atoms with Gasteiger partial charge in [0, 0.05) is 30.1 Å². The van der Waals surface area contributed by atoms with Gasteiger partial charge in [-0.25, -0.2) is 0 Å². The second-order valence-electron chi connectivity index (χ2n) is 14.3. The van der Waals surface area contributed by atoms with Crippen molar-refractivity contribution in [3.8, 4) is 0 Å². The SMILES string of the molecule is CC1(C)C(=O)C(O)=C[C@H]2C1=CC[C@@H]1C2(C)C(=O)C[C@]2(C)[C@@H]([C@@](C)(O)C(=O)CC(O)C(C)(C)O)C(O)C[C@@]12C. The van der Waals surface area contributed by atoms with E-state index in [1.165, 1.54) is 26.8 Å². The van der Waals surface area contributed by atoms with Crippen molar-refractivity contribution in [2.75, 3.05) is 0 Å². The van der Waals surface area contributed by atoms with Crippen molar-refractivity contribution in [1.82, 2.24) is 0 Å². The van der Waals surface area contributed by atoms with Gasteiger partial charge in [-0.15, -0.1) is 0 Å². The van der Waals surface area contributed by atoms with Crippen molar-refractivity contribution < 1.29 is 39.9 Å². The van der Waals surface area contributed by atoms with Crippen LogP contribution in [0.15, 0.2) is 23.5 Å². The first-order valence-corrected chi connectivity index (χ1v) is 13.6. The smallest absolute Gasteiger partial charge is 0.206 e. The number of carbonyl (C=O) groups is 3. The predicted octanol–water partition coefficient (Wildman–Crippen LogP) is 2.81. The van der Waals surface area contributed by atoms with E-state index in [2.05, 4.69) is 0 Å². The molecule has 8 nitrogen and oxygen atoms in total. The van der Waals surface area contributed by atoms with E-state index in [4.69, 9.17) is 0 Å². The predicted molar refractivity (Wildman–Crippen MR) is 140 cm³/mol. The number of ketones is 3. The molecule has 9 atom stereocenters. The van der Waals surface area contributed by atoms with Crippen LogP contribution in [0.1, 0.15) is 81.1 Å². The molecule has 0 aromatic carbocycles. The van der Waals surface area contributed by atoms with Crippen molar-refractivity contribution in [3.63, 3.8) is 0 Å². The first kappa shape index (κ1) is 29.1.